The molecule has 2 aromatic carbocycles. The molecule has 2 aromatic heterocycles. The fourth-order valence-electron chi connectivity index (χ4n) is 3.20. The molecule has 0 aliphatic heterocycles. The molecule has 146 valence electrons. The number of ether oxygens (including phenoxy) is 1. The fraction of sp³-hybridized carbons (Fsp3) is 0.174. The van der Waals surface area contributed by atoms with Crippen LogP contribution in [0.15, 0.2) is 60.9 Å². The first-order valence-corrected chi connectivity index (χ1v) is 10.1. The highest BCUT2D eigenvalue weighted by molar-refractivity contribution is 7.22. The minimum absolute atomic E-state index is 0.0759. The number of pyridine rings is 1. The maximum atomic E-state index is 13.6. The van der Waals surface area contributed by atoms with Crippen molar-refractivity contribution >= 4 is 32.6 Å². The molecule has 0 aliphatic carbocycles. The molecule has 2 heterocycles. The van der Waals surface area contributed by atoms with E-state index in [1.165, 1.54) is 11.3 Å². The fourth-order valence-corrected chi connectivity index (χ4v) is 4.18. The summed E-state index contributed by atoms with van der Waals surface area (Å²) < 4.78 is 6.43. The molecule has 5 nitrogen and oxygen atoms in total. The van der Waals surface area contributed by atoms with Crippen molar-refractivity contribution in [1.29, 1.82) is 0 Å². The van der Waals surface area contributed by atoms with Crippen molar-refractivity contribution in [2.75, 3.05) is 12.0 Å². The molecule has 0 spiro atoms. The van der Waals surface area contributed by atoms with Crippen LogP contribution >= 0.6 is 11.3 Å². The number of anilines is 1. The molecule has 0 aliphatic rings. The van der Waals surface area contributed by atoms with Gasteiger partial charge < -0.3 is 4.74 Å². The van der Waals surface area contributed by atoms with Gasteiger partial charge in [-0.2, -0.15) is 0 Å². The number of para-hydroxylation sites is 1. The molecule has 0 fully saturated rings. The van der Waals surface area contributed by atoms with Crippen molar-refractivity contribution in [3.8, 4) is 5.75 Å². The van der Waals surface area contributed by atoms with Gasteiger partial charge in [-0.05, 0) is 49.2 Å². The van der Waals surface area contributed by atoms with E-state index in [9.17, 15) is 4.79 Å². The van der Waals surface area contributed by atoms with E-state index in [0.29, 0.717) is 23.0 Å². The summed E-state index contributed by atoms with van der Waals surface area (Å²) in [5, 5.41) is 0.638. The van der Waals surface area contributed by atoms with Crippen LogP contribution in [0.4, 0.5) is 5.13 Å². The highest BCUT2D eigenvalue weighted by Crippen LogP contribution is 2.35. The Morgan fingerprint density at radius 1 is 1.14 bits per heavy atom. The number of rotatable bonds is 5. The molecular weight excluding hydrogens is 382 g/mol. The third kappa shape index (κ3) is 3.84. The minimum Gasteiger partial charge on any atom is -0.494 e. The number of carbonyl (C=O) groups excluding carboxylic acids is 1. The van der Waals surface area contributed by atoms with Crippen LogP contribution < -0.4 is 9.64 Å². The molecule has 0 unspecified atom stereocenters. The number of methoxy groups -OCH3 is 1. The zero-order chi connectivity index (χ0) is 20.4. The zero-order valence-electron chi connectivity index (χ0n) is 16.5. The summed E-state index contributed by atoms with van der Waals surface area (Å²) in [6, 6.07) is 15.6. The van der Waals surface area contributed by atoms with Crippen molar-refractivity contribution in [3.05, 3.63) is 83.2 Å². The number of nitrogens with zero attached hydrogens (tertiary/aromatic N) is 3. The number of carbonyl (C=O) groups is 1. The standard InChI is InChI=1S/C23H21N3O2S/c1-15-9-10-16(2)18(12-15)22(27)26(14-17-6-5-11-24-13-17)23-25-21-19(28-3)7-4-8-20(21)29-23/h4-13H,14H2,1-3H3. The highest BCUT2D eigenvalue weighted by Gasteiger charge is 2.24. The van der Waals surface area contributed by atoms with E-state index >= 15 is 0 Å². The molecule has 4 aromatic rings. The van der Waals surface area contributed by atoms with E-state index in [1.54, 1.807) is 24.4 Å². The van der Waals surface area contributed by atoms with Crippen LogP contribution in [0.2, 0.25) is 0 Å². The van der Waals surface area contributed by atoms with E-state index < -0.39 is 0 Å². The van der Waals surface area contributed by atoms with Crippen LogP contribution in [0.3, 0.4) is 0 Å². The lowest BCUT2D eigenvalue weighted by Gasteiger charge is -2.21. The van der Waals surface area contributed by atoms with Crippen LogP contribution in [0, 0.1) is 13.8 Å². The van der Waals surface area contributed by atoms with Gasteiger partial charge in [-0.15, -0.1) is 0 Å². The number of thiazole rings is 1. The molecular formula is C23H21N3O2S. The second-order valence-corrected chi connectivity index (χ2v) is 7.88. The Hall–Kier alpha value is -3.25. The van der Waals surface area contributed by atoms with Gasteiger partial charge in [0.15, 0.2) is 5.13 Å². The average molecular weight is 404 g/mol. The van der Waals surface area contributed by atoms with Gasteiger partial charge in [0.1, 0.15) is 11.3 Å². The van der Waals surface area contributed by atoms with Gasteiger partial charge >= 0.3 is 0 Å². The highest BCUT2D eigenvalue weighted by atomic mass is 32.1. The number of fused-ring (bicyclic) bond motifs is 1. The first kappa shape index (κ1) is 19.1. The summed E-state index contributed by atoms with van der Waals surface area (Å²) >= 11 is 1.48. The molecule has 0 saturated carbocycles. The van der Waals surface area contributed by atoms with E-state index in [-0.39, 0.29) is 5.91 Å². The Labute approximate surface area is 173 Å². The van der Waals surface area contributed by atoms with Crippen molar-refractivity contribution in [1.82, 2.24) is 9.97 Å². The zero-order valence-corrected chi connectivity index (χ0v) is 17.4. The largest absolute Gasteiger partial charge is 0.494 e. The molecule has 0 saturated heterocycles. The first-order valence-electron chi connectivity index (χ1n) is 9.28. The van der Waals surface area contributed by atoms with Crippen LogP contribution in [0.1, 0.15) is 27.0 Å². The first-order chi connectivity index (χ1) is 14.1. The summed E-state index contributed by atoms with van der Waals surface area (Å²) in [7, 11) is 1.63. The number of aryl methyl sites for hydroxylation is 2. The van der Waals surface area contributed by atoms with Crippen LogP contribution in [-0.4, -0.2) is 23.0 Å². The van der Waals surface area contributed by atoms with E-state index in [1.807, 2.05) is 62.4 Å². The number of amides is 1. The number of hydrogen-bond donors (Lipinski definition) is 0. The smallest absolute Gasteiger partial charge is 0.260 e. The Bertz CT molecular complexity index is 1170. The van der Waals surface area contributed by atoms with Gasteiger partial charge in [0, 0.05) is 18.0 Å². The molecule has 0 bridgehead atoms. The average Bonchev–Trinajstić information content (AvgIpc) is 3.18. The number of aromatic nitrogens is 2. The van der Waals surface area contributed by atoms with Gasteiger partial charge in [0.25, 0.3) is 5.91 Å². The van der Waals surface area contributed by atoms with Gasteiger partial charge in [0.2, 0.25) is 0 Å². The lowest BCUT2D eigenvalue weighted by Crippen LogP contribution is -2.31. The molecule has 4 rings (SSSR count). The Balaban J connectivity index is 1.82. The predicted octanol–water partition coefficient (Wildman–Crippen LogP) is 5.16. The predicted molar refractivity (Wildman–Crippen MR) is 117 cm³/mol. The van der Waals surface area contributed by atoms with Crippen LogP contribution in [-0.2, 0) is 6.54 Å². The molecule has 0 radical (unpaired) electrons. The lowest BCUT2D eigenvalue weighted by molar-refractivity contribution is 0.0984. The summed E-state index contributed by atoms with van der Waals surface area (Å²) in [5.41, 5.74) is 4.37. The third-order valence-corrected chi connectivity index (χ3v) is 5.80. The number of hydrogen-bond acceptors (Lipinski definition) is 5. The molecule has 6 heteroatoms. The van der Waals surface area contributed by atoms with Gasteiger partial charge in [-0.25, -0.2) is 4.98 Å². The summed E-state index contributed by atoms with van der Waals surface area (Å²) in [6.45, 7) is 4.34. The van der Waals surface area contributed by atoms with Gasteiger partial charge in [-0.3, -0.25) is 14.7 Å². The maximum absolute atomic E-state index is 13.6. The van der Waals surface area contributed by atoms with E-state index in [0.717, 1.165) is 26.9 Å². The quantitative estimate of drug-likeness (QED) is 0.462. The van der Waals surface area contributed by atoms with Crippen molar-refractivity contribution < 1.29 is 9.53 Å². The molecule has 29 heavy (non-hydrogen) atoms. The van der Waals surface area contributed by atoms with E-state index in [2.05, 4.69) is 4.98 Å². The monoisotopic (exact) mass is 403 g/mol. The summed E-state index contributed by atoms with van der Waals surface area (Å²) in [6.07, 6.45) is 3.50. The molecule has 0 atom stereocenters. The summed E-state index contributed by atoms with van der Waals surface area (Å²) in [4.78, 5) is 24.3. The van der Waals surface area contributed by atoms with E-state index in [4.69, 9.17) is 9.72 Å². The van der Waals surface area contributed by atoms with Crippen molar-refractivity contribution in [2.24, 2.45) is 0 Å². The van der Waals surface area contributed by atoms with Crippen LogP contribution in [0.25, 0.3) is 10.2 Å². The van der Waals surface area contributed by atoms with Gasteiger partial charge in [-0.1, -0.05) is 41.2 Å². The number of benzene rings is 2. The van der Waals surface area contributed by atoms with Crippen molar-refractivity contribution in [2.45, 2.75) is 20.4 Å². The third-order valence-electron chi connectivity index (χ3n) is 4.75. The lowest BCUT2D eigenvalue weighted by atomic mass is 10.0. The SMILES string of the molecule is COc1cccc2sc(N(Cc3cccnc3)C(=O)c3cc(C)ccc3C)nc12. The van der Waals surface area contributed by atoms with Gasteiger partial charge in [0.05, 0.1) is 18.4 Å². The van der Waals surface area contributed by atoms with Crippen molar-refractivity contribution in [3.63, 3.8) is 0 Å². The molecule has 1 amide bonds. The Kier molecular flexibility index (Phi) is 5.27. The minimum atomic E-state index is -0.0759. The Morgan fingerprint density at radius 3 is 2.76 bits per heavy atom. The normalized spacial score (nSPS) is 10.9. The second-order valence-electron chi connectivity index (χ2n) is 6.87. The van der Waals surface area contributed by atoms with Crippen LogP contribution in [0.5, 0.6) is 5.75 Å². The maximum Gasteiger partial charge on any atom is 0.260 e. The molecule has 0 N–H and O–H groups in total. The second kappa shape index (κ2) is 8.01. The summed E-state index contributed by atoms with van der Waals surface area (Å²) in [5.74, 6) is 0.624. The Morgan fingerprint density at radius 2 is 2.00 bits per heavy atom. The topological polar surface area (TPSA) is 55.3 Å².